The first kappa shape index (κ1) is 60.9. The molecule has 2 aromatic heterocycles. The van der Waals surface area contributed by atoms with Crippen LogP contribution in [0, 0.1) is 21.4 Å². The van der Waals surface area contributed by atoms with Gasteiger partial charge in [-0.2, -0.15) is 0 Å². The summed E-state index contributed by atoms with van der Waals surface area (Å²) in [7, 11) is -4.67. The van der Waals surface area contributed by atoms with Crippen molar-refractivity contribution in [2.24, 2.45) is 11.3 Å². The van der Waals surface area contributed by atoms with Crippen molar-refractivity contribution in [2.45, 2.75) is 107 Å². The summed E-state index contributed by atoms with van der Waals surface area (Å²) >= 11 is 7.92. The number of piperazine rings is 1. The number of aromatic nitrogens is 2. The number of thioether (sulfide) groups is 1. The molecular formula is C64H71ClN10O10S2. The number of nitro benzene ring substituents is 1. The number of imide groups is 1. The van der Waals surface area contributed by atoms with E-state index in [0.717, 1.165) is 97.9 Å². The van der Waals surface area contributed by atoms with E-state index in [1.165, 1.54) is 41.1 Å². The fourth-order valence-corrected chi connectivity index (χ4v) is 14.7. The summed E-state index contributed by atoms with van der Waals surface area (Å²) in [4.78, 5) is 93.1. The molecule has 456 valence electrons. The maximum absolute atomic E-state index is 14.2. The van der Waals surface area contributed by atoms with Crippen LogP contribution in [0.5, 0.6) is 11.5 Å². The van der Waals surface area contributed by atoms with Gasteiger partial charge in [-0.15, -0.1) is 11.8 Å². The first-order chi connectivity index (χ1) is 41.8. The van der Waals surface area contributed by atoms with Crippen LogP contribution in [0.15, 0.2) is 119 Å². The lowest BCUT2D eigenvalue weighted by atomic mass is 9.72. The summed E-state index contributed by atoms with van der Waals surface area (Å²) < 4.78 is 36.5. The lowest BCUT2D eigenvalue weighted by Crippen LogP contribution is -2.52. The molecule has 6 heterocycles. The van der Waals surface area contributed by atoms with Crippen molar-refractivity contribution in [1.82, 2.24) is 34.7 Å². The molecule has 3 fully saturated rings. The Morgan fingerprint density at radius 3 is 2.54 bits per heavy atom. The Balaban J connectivity index is 0.683. The number of sulfonamides is 1. The van der Waals surface area contributed by atoms with Gasteiger partial charge in [0.2, 0.25) is 17.7 Å². The van der Waals surface area contributed by atoms with Gasteiger partial charge >= 0.3 is 0 Å². The molecule has 0 radical (unpaired) electrons. The molecule has 3 saturated heterocycles. The number of unbranched alkanes of at least 4 members (excludes halogenated alkanes) is 2. The van der Waals surface area contributed by atoms with Crippen LogP contribution < -0.4 is 25.0 Å². The number of nitrogens with zero attached hydrogens (tertiary/aromatic N) is 6. The molecule has 4 aliphatic heterocycles. The van der Waals surface area contributed by atoms with Crippen LogP contribution in [0.25, 0.3) is 16.6 Å². The number of aromatic amines is 1. The normalized spacial score (nSPS) is 19.1. The Bertz CT molecular complexity index is 3790. The van der Waals surface area contributed by atoms with Crippen molar-refractivity contribution in [3.8, 4) is 11.5 Å². The third-order valence-electron chi connectivity index (χ3n) is 17.3. The van der Waals surface area contributed by atoms with Crippen molar-refractivity contribution in [1.29, 1.82) is 0 Å². The Hall–Kier alpha value is -7.79. The molecular weight excluding hydrogens is 1170 g/mol. The Morgan fingerprint density at radius 1 is 0.931 bits per heavy atom. The smallest absolute Gasteiger partial charge is 0.293 e. The number of H-pyrrole nitrogens is 1. The highest BCUT2D eigenvalue weighted by molar-refractivity contribution is 7.99. The van der Waals surface area contributed by atoms with E-state index in [0.29, 0.717) is 80.5 Å². The van der Waals surface area contributed by atoms with Crippen LogP contribution in [-0.2, 0) is 31.0 Å². The number of carbonyl (C=O) groups is 5. The molecule has 0 saturated carbocycles. The molecule has 4 aromatic carbocycles. The summed E-state index contributed by atoms with van der Waals surface area (Å²) in [6.45, 7) is 10.2. The number of hydrogen-bond acceptors (Lipinski definition) is 15. The summed E-state index contributed by atoms with van der Waals surface area (Å²) in [5.41, 5.74) is 6.68. The number of nitro groups is 1. The number of pyridine rings is 1. The summed E-state index contributed by atoms with van der Waals surface area (Å²) in [5, 5.41) is 19.5. The quantitative estimate of drug-likeness (QED) is 0.0172. The van der Waals surface area contributed by atoms with Gasteiger partial charge in [0.05, 0.1) is 21.6 Å². The van der Waals surface area contributed by atoms with Crippen LogP contribution in [0.1, 0.15) is 116 Å². The molecule has 23 heteroatoms. The van der Waals surface area contributed by atoms with E-state index in [1.54, 1.807) is 47.1 Å². The van der Waals surface area contributed by atoms with Gasteiger partial charge in [-0.1, -0.05) is 55.6 Å². The number of rotatable bonds is 21. The van der Waals surface area contributed by atoms with Gasteiger partial charge in [-0.3, -0.25) is 44.3 Å². The van der Waals surface area contributed by atoms with Crippen LogP contribution in [0.2, 0.25) is 5.02 Å². The molecule has 2 atom stereocenters. The number of nitrogens with one attached hydrogen (secondary N) is 4. The van der Waals surface area contributed by atoms with E-state index >= 15 is 0 Å². The van der Waals surface area contributed by atoms with E-state index in [9.17, 15) is 42.5 Å². The average molecular weight is 1240 g/mol. The number of carbonyl (C=O) groups excluding carboxylic acids is 5. The fraction of sp³-hybridized carbons (Fsp3) is 0.406. The van der Waals surface area contributed by atoms with E-state index in [-0.39, 0.29) is 52.5 Å². The summed E-state index contributed by atoms with van der Waals surface area (Å²) in [6, 6.07) is 25.1. The predicted octanol–water partition coefficient (Wildman–Crippen LogP) is 10.6. The third-order valence-corrected chi connectivity index (χ3v) is 20.1. The standard InChI is InChI=1S/C64H71ClN10O10S2/c1-64(2)24-22-44(51(35-64)42-12-14-45(65)15-13-42)39-71-27-29-72(30-28-71)46-16-18-50(56(33-46)85-47-32-43-23-25-66-60(43)68-37-47)61(78)70-87(83,84)48-17-19-53(55(34-48)75(81)82)67-36-41-8-7-26-73(38-41)59(77)11-4-3-5-31-86-57-10-6-9-49-52(57)40-74(63(49)80)54-20-21-58(76)69-62(54)79/h6,9-10,12-19,23,25,32-34,37,41,54,67H,3-5,7-8,11,20-22,24,26-31,35-36,38-40H2,1-2H3,(H,66,68)(H,70,78)(H,69,76,79). The largest absolute Gasteiger partial charge is 0.455 e. The van der Waals surface area contributed by atoms with Crippen LogP contribution >= 0.6 is 23.4 Å². The molecule has 4 N–H and O–H groups in total. The second-order valence-corrected chi connectivity index (χ2v) is 27.3. The van der Waals surface area contributed by atoms with Gasteiger partial charge in [0.15, 0.2) is 0 Å². The van der Waals surface area contributed by atoms with Crippen molar-refractivity contribution >= 4 is 96.6 Å². The lowest BCUT2D eigenvalue weighted by Gasteiger charge is -2.39. The van der Waals surface area contributed by atoms with Gasteiger partial charge < -0.3 is 29.7 Å². The molecule has 11 rings (SSSR count). The molecule has 87 heavy (non-hydrogen) atoms. The minimum absolute atomic E-state index is 0.0214. The van der Waals surface area contributed by atoms with E-state index in [4.69, 9.17) is 16.3 Å². The number of piperidine rings is 2. The third kappa shape index (κ3) is 14.3. The number of allylic oxidation sites excluding steroid dienone is 1. The minimum Gasteiger partial charge on any atom is -0.455 e. The number of likely N-dealkylation sites (tertiary alicyclic amines) is 1. The molecule has 2 unspecified atom stereocenters. The number of hydrogen-bond donors (Lipinski definition) is 4. The van der Waals surface area contributed by atoms with Crippen molar-refractivity contribution in [3.05, 3.63) is 146 Å². The molecule has 6 aromatic rings. The minimum atomic E-state index is -4.67. The summed E-state index contributed by atoms with van der Waals surface area (Å²) in [6.07, 6.45) is 11.2. The number of benzene rings is 4. The van der Waals surface area contributed by atoms with Gasteiger partial charge in [0.1, 0.15) is 28.9 Å². The molecule has 20 nitrogen and oxygen atoms in total. The number of ether oxygens (including phenoxy) is 1. The first-order valence-corrected chi connectivity index (χ1v) is 32.7. The number of anilines is 2. The fourth-order valence-electron chi connectivity index (χ4n) is 12.5. The lowest BCUT2D eigenvalue weighted by molar-refractivity contribution is -0.384. The molecule has 0 bridgehead atoms. The highest BCUT2D eigenvalue weighted by Crippen LogP contribution is 2.44. The van der Waals surface area contributed by atoms with Crippen LogP contribution in [0.4, 0.5) is 17.1 Å². The SMILES string of the molecule is CC1(C)CCC(CN2CCN(c3ccc(C(=O)NS(=O)(=O)c4ccc(NCC5CCCN(C(=O)CCCCCSc6cccc7c6CN(C6CCC(=O)NC6=O)C7=O)C5)c([N+](=O)[O-])c4)c(Oc4cnc5[nH]ccc5c4)c3)CC2)=C(c2ccc(Cl)cc2)C1. The Morgan fingerprint density at radius 2 is 1.75 bits per heavy atom. The predicted molar refractivity (Wildman–Crippen MR) is 334 cm³/mol. The van der Waals surface area contributed by atoms with Gasteiger partial charge in [-0.25, -0.2) is 18.1 Å². The van der Waals surface area contributed by atoms with Crippen molar-refractivity contribution in [2.75, 3.05) is 68.3 Å². The molecule has 0 spiro atoms. The molecule has 5 aliphatic rings. The highest BCUT2D eigenvalue weighted by atomic mass is 35.5. The number of halogens is 1. The number of amides is 5. The second kappa shape index (κ2) is 26.3. The average Bonchev–Trinajstić information content (AvgIpc) is 2.69. The van der Waals surface area contributed by atoms with E-state index < -0.39 is 43.4 Å². The second-order valence-electron chi connectivity index (χ2n) is 24.0. The topological polar surface area (TPSA) is 250 Å². The Kier molecular flexibility index (Phi) is 18.4. The maximum atomic E-state index is 14.2. The van der Waals surface area contributed by atoms with Gasteiger partial charge in [0, 0.05) is 117 Å². The van der Waals surface area contributed by atoms with Gasteiger partial charge in [0.25, 0.3) is 27.5 Å². The van der Waals surface area contributed by atoms with Crippen molar-refractivity contribution in [3.63, 3.8) is 0 Å². The monoisotopic (exact) mass is 1240 g/mol. The van der Waals surface area contributed by atoms with Gasteiger partial charge in [-0.05, 0) is 146 Å². The number of fused-ring (bicyclic) bond motifs is 2. The zero-order valence-electron chi connectivity index (χ0n) is 48.8. The highest BCUT2D eigenvalue weighted by Gasteiger charge is 2.40. The van der Waals surface area contributed by atoms with Crippen LogP contribution in [0.3, 0.4) is 0 Å². The van der Waals surface area contributed by atoms with E-state index in [2.05, 4.69) is 61.1 Å². The maximum Gasteiger partial charge on any atom is 0.293 e. The van der Waals surface area contributed by atoms with Crippen molar-refractivity contribution < 1.29 is 42.1 Å². The Labute approximate surface area is 515 Å². The molecule has 1 aliphatic carbocycles. The summed E-state index contributed by atoms with van der Waals surface area (Å²) in [5.74, 6) is -0.747. The molecule has 5 amide bonds. The van der Waals surface area contributed by atoms with E-state index in [1.807, 2.05) is 35.2 Å². The first-order valence-electron chi connectivity index (χ1n) is 29.8. The van der Waals surface area contributed by atoms with Crippen LogP contribution in [-0.4, -0.2) is 132 Å². The zero-order chi connectivity index (χ0) is 61.0. The zero-order valence-corrected chi connectivity index (χ0v) is 51.2.